The molecular weight excluding hydrogens is 252 g/mol. The van der Waals surface area contributed by atoms with E-state index in [4.69, 9.17) is 9.66 Å². The maximum Gasteiger partial charge on any atom is 0.267 e. The first-order valence-corrected chi connectivity index (χ1v) is 8.56. The van der Waals surface area contributed by atoms with Crippen LogP contribution in [-0.2, 0) is 10.1 Å². The van der Waals surface area contributed by atoms with Crippen molar-refractivity contribution in [1.29, 1.82) is 0 Å². The molecule has 0 aliphatic carbocycles. The molecule has 0 aromatic heterocycles. The standard InChI is InChI=1S/C13H28O4S/c1-13(18(15,16)17)11-9-7-5-3-2-4-6-8-10-12-14/h13-14H,2-12H2,1H3,(H,15,16,17). The van der Waals surface area contributed by atoms with E-state index in [1.165, 1.54) is 25.7 Å². The molecule has 0 aromatic carbocycles. The van der Waals surface area contributed by atoms with E-state index in [-0.39, 0.29) is 0 Å². The van der Waals surface area contributed by atoms with Crippen LogP contribution in [0, 0.1) is 0 Å². The second-order valence-electron chi connectivity index (χ2n) is 5.02. The van der Waals surface area contributed by atoms with E-state index >= 15 is 0 Å². The predicted molar refractivity (Wildman–Crippen MR) is 74.3 cm³/mol. The van der Waals surface area contributed by atoms with Crippen LogP contribution in [0.1, 0.15) is 71.1 Å². The minimum absolute atomic E-state index is 0.298. The van der Waals surface area contributed by atoms with Crippen molar-refractivity contribution >= 4 is 10.1 Å². The molecule has 1 atom stereocenters. The molecule has 0 bridgehead atoms. The zero-order chi connectivity index (χ0) is 13.9. The summed E-state index contributed by atoms with van der Waals surface area (Å²) in [7, 11) is -3.83. The van der Waals surface area contributed by atoms with E-state index in [1.807, 2.05) is 0 Å². The van der Waals surface area contributed by atoms with Gasteiger partial charge in [0.05, 0.1) is 5.25 Å². The quantitative estimate of drug-likeness (QED) is 0.425. The van der Waals surface area contributed by atoms with Gasteiger partial charge in [-0.05, 0) is 19.8 Å². The van der Waals surface area contributed by atoms with E-state index in [1.54, 1.807) is 6.92 Å². The number of rotatable bonds is 12. The van der Waals surface area contributed by atoms with Crippen LogP contribution in [0.4, 0.5) is 0 Å². The van der Waals surface area contributed by atoms with Crippen LogP contribution in [0.2, 0.25) is 0 Å². The summed E-state index contributed by atoms with van der Waals surface area (Å²) in [5.74, 6) is 0. The molecule has 4 nitrogen and oxygen atoms in total. The maximum absolute atomic E-state index is 10.8. The van der Waals surface area contributed by atoms with Crippen LogP contribution in [0.3, 0.4) is 0 Å². The number of aliphatic hydroxyl groups excluding tert-OH is 1. The molecule has 0 fully saturated rings. The topological polar surface area (TPSA) is 74.6 Å². The molecule has 110 valence electrons. The summed E-state index contributed by atoms with van der Waals surface area (Å²) in [6.45, 7) is 1.85. The molecule has 0 saturated carbocycles. The molecule has 5 heteroatoms. The fourth-order valence-electron chi connectivity index (χ4n) is 1.93. The lowest BCUT2D eigenvalue weighted by atomic mass is 10.1. The van der Waals surface area contributed by atoms with Crippen molar-refractivity contribution in [3.63, 3.8) is 0 Å². The Labute approximate surface area is 112 Å². The first-order chi connectivity index (χ1) is 8.48. The molecule has 0 aliphatic rings. The van der Waals surface area contributed by atoms with Gasteiger partial charge in [-0.2, -0.15) is 8.42 Å². The van der Waals surface area contributed by atoms with Gasteiger partial charge in [0, 0.05) is 6.61 Å². The van der Waals surface area contributed by atoms with Crippen LogP contribution in [0.25, 0.3) is 0 Å². The van der Waals surface area contributed by atoms with Crippen molar-refractivity contribution in [3.05, 3.63) is 0 Å². The van der Waals surface area contributed by atoms with Gasteiger partial charge in [0.1, 0.15) is 0 Å². The lowest BCUT2D eigenvalue weighted by molar-refractivity contribution is 0.282. The lowest BCUT2D eigenvalue weighted by Crippen LogP contribution is -2.16. The third-order valence-electron chi connectivity index (χ3n) is 3.28. The van der Waals surface area contributed by atoms with Gasteiger partial charge in [-0.3, -0.25) is 4.55 Å². The van der Waals surface area contributed by atoms with Gasteiger partial charge in [0.2, 0.25) is 0 Å². The third kappa shape index (κ3) is 11.0. The molecule has 0 amide bonds. The van der Waals surface area contributed by atoms with Gasteiger partial charge >= 0.3 is 0 Å². The smallest absolute Gasteiger partial charge is 0.267 e. The first-order valence-electron chi connectivity index (χ1n) is 7.05. The lowest BCUT2D eigenvalue weighted by Gasteiger charge is -2.07. The molecule has 0 spiro atoms. The van der Waals surface area contributed by atoms with Crippen molar-refractivity contribution in [2.24, 2.45) is 0 Å². The Morgan fingerprint density at radius 1 is 0.833 bits per heavy atom. The fourth-order valence-corrected chi connectivity index (χ4v) is 2.39. The van der Waals surface area contributed by atoms with Crippen LogP contribution >= 0.6 is 0 Å². The summed E-state index contributed by atoms with van der Waals surface area (Å²) < 4.78 is 30.3. The van der Waals surface area contributed by atoms with Crippen molar-refractivity contribution < 1.29 is 18.1 Å². The average Bonchev–Trinajstić information content (AvgIpc) is 2.30. The number of aliphatic hydroxyl groups is 1. The highest BCUT2D eigenvalue weighted by Gasteiger charge is 2.15. The molecular formula is C13H28O4S. The molecule has 0 aliphatic heterocycles. The molecule has 1 unspecified atom stereocenters. The molecule has 0 heterocycles. The monoisotopic (exact) mass is 280 g/mol. The number of unbranched alkanes of at least 4 members (excludes halogenated alkanes) is 8. The van der Waals surface area contributed by atoms with Gasteiger partial charge in [0.15, 0.2) is 0 Å². The Balaban J connectivity index is 3.22. The Hall–Kier alpha value is -0.130. The molecule has 0 rings (SSSR count). The minimum atomic E-state index is -3.83. The zero-order valence-corrected chi connectivity index (χ0v) is 12.3. The van der Waals surface area contributed by atoms with Gasteiger partial charge in [-0.15, -0.1) is 0 Å². The van der Waals surface area contributed by atoms with Crippen LogP contribution in [0.15, 0.2) is 0 Å². The summed E-state index contributed by atoms with van der Waals surface area (Å²) in [4.78, 5) is 0. The van der Waals surface area contributed by atoms with Crippen molar-refractivity contribution in [2.75, 3.05) is 6.61 Å². The highest BCUT2D eigenvalue weighted by molar-refractivity contribution is 7.86. The molecule has 0 aromatic rings. The summed E-state index contributed by atoms with van der Waals surface area (Å²) in [6, 6.07) is 0. The van der Waals surface area contributed by atoms with Crippen molar-refractivity contribution in [1.82, 2.24) is 0 Å². The Morgan fingerprint density at radius 3 is 1.61 bits per heavy atom. The van der Waals surface area contributed by atoms with E-state index in [9.17, 15) is 8.42 Å². The van der Waals surface area contributed by atoms with Crippen molar-refractivity contribution in [2.45, 2.75) is 76.4 Å². The molecule has 0 saturated heterocycles. The van der Waals surface area contributed by atoms with Gasteiger partial charge in [-0.25, -0.2) is 0 Å². The van der Waals surface area contributed by atoms with E-state index < -0.39 is 15.4 Å². The SMILES string of the molecule is CC(CCCCCCCCCCCO)S(=O)(=O)O. The summed E-state index contributed by atoms with van der Waals surface area (Å²) in [5.41, 5.74) is 0. The highest BCUT2D eigenvalue weighted by atomic mass is 32.2. The van der Waals surface area contributed by atoms with Crippen LogP contribution in [-0.4, -0.2) is 29.9 Å². The normalized spacial score (nSPS) is 13.7. The third-order valence-corrected chi connectivity index (χ3v) is 4.53. The largest absolute Gasteiger partial charge is 0.396 e. The molecule has 18 heavy (non-hydrogen) atoms. The van der Waals surface area contributed by atoms with Crippen LogP contribution in [0.5, 0.6) is 0 Å². The Bertz CT molecular complexity index is 275. The molecule has 0 radical (unpaired) electrons. The number of hydrogen-bond acceptors (Lipinski definition) is 3. The molecule has 2 N–H and O–H groups in total. The number of hydrogen-bond donors (Lipinski definition) is 2. The van der Waals surface area contributed by atoms with Gasteiger partial charge in [-0.1, -0.05) is 51.4 Å². The van der Waals surface area contributed by atoms with E-state index in [0.29, 0.717) is 13.0 Å². The second-order valence-corrected chi connectivity index (χ2v) is 6.85. The van der Waals surface area contributed by atoms with Crippen LogP contribution < -0.4 is 0 Å². The summed E-state index contributed by atoms with van der Waals surface area (Å²) in [6.07, 6.45) is 10.5. The minimum Gasteiger partial charge on any atom is -0.396 e. The summed E-state index contributed by atoms with van der Waals surface area (Å²) in [5, 5.41) is 7.98. The summed E-state index contributed by atoms with van der Waals surface area (Å²) >= 11 is 0. The Morgan fingerprint density at radius 2 is 1.22 bits per heavy atom. The van der Waals surface area contributed by atoms with Crippen molar-refractivity contribution in [3.8, 4) is 0 Å². The highest BCUT2D eigenvalue weighted by Crippen LogP contribution is 2.13. The van der Waals surface area contributed by atoms with Gasteiger partial charge in [0.25, 0.3) is 10.1 Å². The second kappa shape index (κ2) is 10.8. The maximum atomic E-state index is 10.8. The average molecular weight is 280 g/mol. The van der Waals surface area contributed by atoms with Gasteiger partial charge < -0.3 is 5.11 Å². The first kappa shape index (κ1) is 17.9. The zero-order valence-electron chi connectivity index (χ0n) is 11.5. The predicted octanol–water partition coefficient (Wildman–Crippen LogP) is 3.16. The Kier molecular flexibility index (Phi) is 10.7. The van der Waals surface area contributed by atoms with E-state index in [0.717, 1.165) is 32.1 Å². The van der Waals surface area contributed by atoms with E-state index in [2.05, 4.69) is 0 Å². The fraction of sp³-hybridized carbons (Fsp3) is 1.00.